The minimum absolute atomic E-state index is 0.00639. The molecule has 3 aromatic rings. The molecule has 3 heterocycles. The zero-order chi connectivity index (χ0) is 48.3. The summed E-state index contributed by atoms with van der Waals surface area (Å²) in [7, 11) is 1.43. The number of aromatic nitrogens is 2. The van der Waals surface area contributed by atoms with Gasteiger partial charge in [0.2, 0.25) is 29.6 Å². The van der Waals surface area contributed by atoms with Gasteiger partial charge in [0.1, 0.15) is 55.4 Å². The summed E-state index contributed by atoms with van der Waals surface area (Å²) >= 11 is 0. The number of rotatable bonds is 15. The van der Waals surface area contributed by atoms with Gasteiger partial charge in [0.25, 0.3) is 5.91 Å². The van der Waals surface area contributed by atoms with Crippen molar-refractivity contribution in [3.63, 3.8) is 0 Å². The Balaban J connectivity index is 1.54. The highest BCUT2D eigenvalue weighted by Crippen LogP contribution is 2.40. The lowest BCUT2D eigenvalue weighted by atomic mass is 9.75. The second-order valence-electron chi connectivity index (χ2n) is 17.9. The van der Waals surface area contributed by atoms with Crippen LogP contribution < -0.4 is 52.8 Å². The Morgan fingerprint density at radius 1 is 0.924 bits per heavy atom. The number of likely N-dealkylation sites (N-methyl/N-ethyl adjacent to an activating group) is 1. The number of aryl methyl sites for hydroxylation is 2. The van der Waals surface area contributed by atoms with Crippen molar-refractivity contribution < 1.29 is 33.4 Å². The number of ether oxygens (including phenoxy) is 2. The van der Waals surface area contributed by atoms with Crippen LogP contribution in [0, 0.1) is 36.5 Å². The Bertz CT molecular complexity index is 2260. The molecule has 10 N–H and O–H groups in total. The van der Waals surface area contributed by atoms with Crippen LogP contribution in [-0.4, -0.2) is 122 Å². The Morgan fingerprint density at radius 2 is 1.53 bits per heavy atom. The third-order valence-corrected chi connectivity index (χ3v) is 12.1. The van der Waals surface area contributed by atoms with Crippen LogP contribution in [0.4, 0.5) is 5.95 Å². The van der Waals surface area contributed by atoms with E-state index in [1.54, 1.807) is 50.2 Å². The van der Waals surface area contributed by atoms with Gasteiger partial charge >= 0.3 is 0 Å². The van der Waals surface area contributed by atoms with E-state index in [4.69, 9.17) is 36.6 Å². The van der Waals surface area contributed by atoms with E-state index < -0.39 is 53.7 Å². The predicted molar refractivity (Wildman–Crippen MR) is 249 cm³/mol. The number of benzene rings is 2. The SMILES string of the molecule is Cc1nc(N2CCC(C(C)(C)C)CC2)nc(C)c1C(=O)NC(CCN)C(=O)N(C)[C@@H]1C(=O)N[C@@H](C)C(=O)N[C@H](C(=O)NCC#N)Cc2ccc(OCCN)c(c2)-c2cc1ccc2OCCN. The van der Waals surface area contributed by atoms with Crippen molar-refractivity contribution in [3.05, 3.63) is 64.5 Å². The normalized spacial score (nSPS) is 18.4. The van der Waals surface area contributed by atoms with Crippen molar-refractivity contribution >= 4 is 35.5 Å². The molecule has 0 spiro atoms. The average molecular weight is 911 g/mol. The van der Waals surface area contributed by atoms with Crippen molar-refractivity contribution in [3.8, 4) is 28.7 Å². The van der Waals surface area contributed by atoms with Crippen molar-refractivity contribution in [2.75, 3.05) is 64.4 Å². The first-order valence-electron chi connectivity index (χ1n) is 22.5. The van der Waals surface area contributed by atoms with Crippen LogP contribution >= 0.6 is 0 Å². The van der Waals surface area contributed by atoms with Gasteiger partial charge in [-0.3, -0.25) is 24.0 Å². The number of anilines is 1. The van der Waals surface area contributed by atoms with Crippen LogP contribution in [0.15, 0.2) is 36.4 Å². The topological polar surface area (TPSA) is 286 Å². The van der Waals surface area contributed by atoms with Gasteiger partial charge < -0.3 is 57.7 Å². The van der Waals surface area contributed by atoms with Gasteiger partial charge in [-0.2, -0.15) is 5.26 Å². The van der Waals surface area contributed by atoms with Crippen molar-refractivity contribution in [2.24, 2.45) is 28.5 Å². The molecule has 0 radical (unpaired) electrons. The van der Waals surface area contributed by atoms with Crippen LogP contribution in [0.25, 0.3) is 11.1 Å². The van der Waals surface area contributed by atoms with Gasteiger partial charge in [-0.25, -0.2) is 9.97 Å². The molecule has 4 atom stereocenters. The van der Waals surface area contributed by atoms with Crippen LogP contribution in [0.2, 0.25) is 0 Å². The van der Waals surface area contributed by atoms with E-state index >= 15 is 0 Å². The molecule has 1 aromatic heterocycles. The van der Waals surface area contributed by atoms with Crippen LogP contribution in [0.1, 0.15) is 85.9 Å². The fourth-order valence-corrected chi connectivity index (χ4v) is 8.47. The number of piperidine rings is 1. The van der Waals surface area contributed by atoms with E-state index in [0.29, 0.717) is 57.0 Å². The molecule has 1 unspecified atom stereocenters. The number of hydrogen-bond donors (Lipinski definition) is 7. The number of hydrogen-bond acceptors (Lipinski definition) is 14. The summed E-state index contributed by atoms with van der Waals surface area (Å²) in [5.74, 6) is -1.37. The highest BCUT2D eigenvalue weighted by atomic mass is 16.5. The molecular formula is C47H66N12O7. The molecule has 1 saturated heterocycles. The van der Waals surface area contributed by atoms with E-state index in [1.807, 2.05) is 6.07 Å². The Morgan fingerprint density at radius 3 is 2.11 bits per heavy atom. The average Bonchev–Trinajstić information content (AvgIpc) is 3.28. The minimum Gasteiger partial charge on any atom is -0.492 e. The van der Waals surface area contributed by atoms with E-state index in [1.165, 1.54) is 18.9 Å². The van der Waals surface area contributed by atoms with Crippen LogP contribution in [0.3, 0.4) is 0 Å². The van der Waals surface area contributed by atoms with E-state index in [9.17, 15) is 29.2 Å². The largest absolute Gasteiger partial charge is 0.492 e. The molecule has 0 aliphatic carbocycles. The number of nitrogens with two attached hydrogens (primary N) is 3. The zero-order valence-electron chi connectivity index (χ0n) is 39.2. The highest BCUT2D eigenvalue weighted by Gasteiger charge is 2.37. The van der Waals surface area contributed by atoms with Gasteiger partial charge in [0.15, 0.2) is 0 Å². The number of nitrogens with zero attached hydrogens (tertiary/aromatic N) is 5. The van der Waals surface area contributed by atoms with Gasteiger partial charge in [-0.05, 0) is 93.3 Å². The third-order valence-electron chi connectivity index (χ3n) is 12.1. The Hall–Kier alpha value is -6.36. The summed E-state index contributed by atoms with van der Waals surface area (Å²) < 4.78 is 12.2. The maximum atomic E-state index is 14.7. The molecule has 5 rings (SSSR count). The lowest BCUT2D eigenvalue weighted by Gasteiger charge is -2.39. The fourth-order valence-electron chi connectivity index (χ4n) is 8.47. The van der Waals surface area contributed by atoms with E-state index in [-0.39, 0.29) is 63.2 Å². The molecule has 2 aromatic carbocycles. The smallest absolute Gasteiger partial charge is 0.255 e. The standard InChI is InChI=1S/C47H66N12O7/c1-27-39(28(2)55-46(54-27)59-20-13-32(14-21-59)47(4,5)6)43(62)56-35(12-15-48)45(64)58(7)40-31-9-11-38(66-23-18-51)34(26-31)33-24-30(8-10-37(33)65-22-17-50)25-36(42(61)52-19-16-49)57-41(60)29(3)53-44(40)63/h8-11,24,26,29,32,35-36,40H,12-15,17-23,25,48,50-51H2,1-7H3,(H,52,61)(H,53,63)(H,56,62)(H,57,60)/t29-,35?,36-,40-/m0/s1. The van der Waals surface area contributed by atoms with Crippen molar-refractivity contribution in [1.82, 2.24) is 36.1 Å². The number of carbonyl (C=O) groups excluding carboxylic acids is 5. The Kier molecular flexibility index (Phi) is 17.4. The maximum Gasteiger partial charge on any atom is 0.255 e. The highest BCUT2D eigenvalue weighted by molar-refractivity contribution is 6.00. The summed E-state index contributed by atoms with van der Waals surface area (Å²) in [5, 5.41) is 20.0. The molecular weight excluding hydrogens is 845 g/mol. The molecule has 2 aliphatic heterocycles. The van der Waals surface area contributed by atoms with Crippen LogP contribution in [-0.2, 0) is 25.6 Å². The van der Waals surface area contributed by atoms with E-state index in [0.717, 1.165) is 25.9 Å². The molecule has 356 valence electrons. The van der Waals surface area contributed by atoms with Gasteiger partial charge in [-0.15, -0.1) is 0 Å². The number of fused-ring (bicyclic) bond motifs is 5. The minimum atomic E-state index is -1.39. The molecule has 0 saturated carbocycles. The molecule has 1 fully saturated rings. The van der Waals surface area contributed by atoms with Gasteiger partial charge in [0.05, 0.1) is 23.0 Å². The summed E-state index contributed by atoms with van der Waals surface area (Å²) in [6.45, 7) is 13.7. The summed E-state index contributed by atoms with van der Waals surface area (Å²) in [6, 6.07) is 7.12. The third kappa shape index (κ3) is 12.3. The first-order valence-corrected chi connectivity index (χ1v) is 22.5. The monoisotopic (exact) mass is 911 g/mol. The first kappa shape index (κ1) is 50.6. The van der Waals surface area contributed by atoms with Crippen molar-refractivity contribution in [1.29, 1.82) is 5.26 Å². The molecule has 4 bridgehead atoms. The zero-order valence-corrected chi connectivity index (χ0v) is 39.2. The first-order chi connectivity index (χ1) is 31.4. The second kappa shape index (κ2) is 22.7. The molecule has 5 amide bonds. The maximum absolute atomic E-state index is 14.7. The molecule has 19 heteroatoms. The van der Waals surface area contributed by atoms with Gasteiger partial charge in [0, 0.05) is 50.8 Å². The van der Waals surface area contributed by atoms with E-state index in [2.05, 4.69) is 46.9 Å². The Labute approximate surface area is 386 Å². The number of amides is 5. The summed E-state index contributed by atoms with van der Waals surface area (Å²) in [4.78, 5) is 83.4. The van der Waals surface area contributed by atoms with Crippen molar-refractivity contribution in [2.45, 2.75) is 91.4 Å². The number of nitrogens with one attached hydrogen (secondary N) is 4. The summed E-state index contributed by atoms with van der Waals surface area (Å²) in [6.07, 6.45) is 2.03. The molecule has 2 aliphatic rings. The molecule has 66 heavy (non-hydrogen) atoms. The fraction of sp³-hybridized carbons (Fsp3) is 0.532. The lowest BCUT2D eigenvalue weighted by Crippen LogP contribution is -2.56. The predicted octanol–water partition coefficient (Wildman–Crippen LogP) is 1.53. The number of nitriles is 1. The molecule has 19 nitrogen and oxygen atoms in total. The van der Waals surface area contributed by atoms with Gasteiger partial charge in [-0.1, -0.05) is 32.9 Å². The lowest BCUT2D eigenvalue weighted by molar-refractivity contribution is -0.141. The van der Waals surface area contributed by atoms with Crippen LogP contribution in [0.5, 0.6) is 11.5 Å². The number of carbonyl (C=O) groups is 5. The second-order valence-corrected chi connectivity index (χ2v) is 17.9. The summed E-state index contributed by atoms with van der Waals surface area (Å²) in [5.41, 5.74) is 21.0. The quantitative estimate of drug-likeness (QED) is 0.107.